The second-order valence-corrected chi connectivity index (χ2v) is 6.93. The Hall–Kier alpha value is -3.72. The first-order chi connectivity index (χ1) is 14.3. The molecule has 0 spiro atoms. The average Bonchev–Trinajstić information content (AvgIpc) is 2.80. The van der Waals surface area contributed by atoms with Crippen LogP contribution in [0.1, 0.15) is 22.7 Å². The highest BCUT2D eigenvalue weighted by atomic mass is 16.1. The summed E-state index contributed by atoms with van der Waals surface area (Å²) in [4.78, 5) is 16.9. The minimum atomic E-state index is -0.199. The molecule has 1 unspecified atom stereocenters. The van der Waals surface area contributed by atoms with Crippen molar-refractivity contribution in [1.82, 2.24) is 10.3 Å². The van der Waals surface area contributed by atoms with Crippen LogP contribution in [0, 0.1) is 0 Å². The van der Waals surface area contributed by atoms with E-state index in [9.17, 15) is 4.79 Å². The van der Waals surface area contributed by atoms with Gasteiger partial charge in [0.25, 0.3) is 0 Å². The first-order valence-corrected chi connectivity index (χ1v) is 9.68. The van der Waals surface area contributed by atoms with E-state index in [1.165, 1.54) is 5.56 Å². The fraction of sp³-hybridized carbons (Fsp3) is 0.0769. The van der Waals surface area contributed by atoms with Crippen LogP contribution in [0.4, 0.5) is 0 Å². The van der Waals surface area contributed by atoms with E-state index in [0.717, 1.165) is 22.3 Å². The van der Waals surface area contributed by atoms with E-state index in [1.54, 1.807) is 12.4 Å². The van der Waals surface area contributed by atoms with Crippen molar-refractivity contribution in [3.8, 4) is 11.1 Å². The minimum absolute atomic E-state index is 0.0110. The summed E-state index contributed by atoms with van der Waals surface area (Å²) in [6, 6.07) is 32.1. The van der Waals surface area contributed by atoms with Crippen molar-refractivity contribution in [2.24, 2.45) is 0 Å². The smallest absolute Gasteiger partial charge is 0.225 e. The summed E-state index contributed by atoms with van der Waals surface area (Å²) >= 11 is 0. The summed E-state index contributed by atoms with van der Waals surface area (Å²) in [5.41, 5.74) is 5.37. The van der Waals surface area contributed by atoms with E-state index in [0.29, 0.717) is 6.42 Å². The lowest BCUT2D eigenvalue weighted by Crippen LogP contribution is -2.30. The number of pyridine rings is 1. The van der Waals surface area contributed by atoms with Crippen molar-refractivity contribution in [2.45, 2.75) is 12.5 Å². The van der Waals surface area contributed by atoms with E-state index in [4.69, 9.17) is 0 Å². The number of aromatic nitrogens is 1. The molecule has 4 aromatic rings. The first kappa shape index (κ1) is 18.6. The van der Waals surface area contributed by atoms with E-state index in [1.807, 2.05) is 72.8 Å². The van der Waals surface area contributed by atoms with Gasteiger partial charge in [-0.3, -0.25) is 9.78 Å². The monoisotopic (exact) mass is 378 g/mol. The van der Waals surface area contributed by atoms with Gasteiger partial charge in [-0.1, -0.05) is 84.9 Å². The van der Waals surface area contributed by atoms with Gasteiger partial charge in [-0.05, 0) is 39.9 Å². The number of nitrogens with zero attached hydrogens (tertiary/aromatic N) is 1. The summed E-state index contributed by atoms with van der Waals surface area (Å²) in [6.07, 6.45) is 3.84. The maximum Gasteiger partial charge on any atom is 0.225 e. The molecule has 0 radical (unpaired) electrons. The van der Waals surface area contributed by atoms with E-state index < -0.39 is 0 Å². The molecule has 4 rings (SSSR count). The maximum absolute atomic E-state index is 12.8. The van der Waals surface area contributed by atoms with E-state index >= 15 is 0 Å². The van der Waals surface area contributed by atoms with Gasteiger partial charge in [0.15, 0.2) is 0 Å². The van der Waals surface area contributed by atoms with Crippen molar-refractivity contribution in [2.75, 3.05) is 0 Å². The van der Waals surface area contributed by atoms with Crippen LogP contribution in [0.2, 0.25) is 0 Å². The van der Waals surface area contributed by atoms with Gasteiger partial charge in [-0.15, -0.1) is 0 Å². The van der Waals surface area contributed by atoms with Crippen LogP contribution in [-0.4, -0.2) is 10.9 Å². The highest BCUT2D eigenvalue weighted by molar-refractivity contribution is 5.79. The SMILES string of the molecule is O=C(Cc1ccc(-c2ccccc2)cc1)NC(c1ccccc1)c1ccncc1. The van der Waals surface area contributed by atoms with Crippen LogP contribution in [0.5, 0.6) is 0 Å². The fourth-order valence-corrected chi connectivity index (χ4v) is 3.40. The first-order valence-electron chi connectivity index (χ1n) is 9.68. The molecule has 29 heavy (non-hydrogen) atoms. The number of rotatable bonds is 6. The number of hydrogen-bond donors (Lipinski definition) is 1. The van der Waals surface area contributed by atoms with Crippen molar-refractivity contribution >= 4 is 5.91 Å². The van der Waals surface area contributed by atoms with Gasteiger partial charge in [-0.2, -0.15) is 0 Å². The lowest BCUT2D eigenvalue weighted by Gasteiger charge is -2.20. The second-order valence-electron chi connectivity index (χ2n) is 6.93. The molecule has 142 valence electrons. The van der Waals surface area contributed by atoms with Gasteiger partial charge >= 0.3 is 0 Å². The second kappa shape index (κ2) is 8.98. The number of hydrogen-bond acceptors (Lipinski definition) is 2. The summed E-state index contributed by atoms with van der Waals surface area (Å²) in [5.74, 6) is -0.0110. The highest BCUT2D eigenvalue weighted by Crippen LogP contribution is 2.22. The zero-order valence-electron chi connectivity index (χ0n) is 16.0. The normalized spacial score (nSPS) is 11.6. The topological polar surface area (TPSA) is 42.0 Å². The highest BCUT2D eigenvalue weighted by Gasteiger charge is 2.16. The van der Waals surface area contributed by atoms with Crippen molar-refractivity contribution < 1.29 is 4.79 Å². The predicted octanol–water partition coefficient (Wildman–Crippen LogP) is 5.20. The third kappa shape index (κ3) is 4.77. The van der Waals surface area contributed by atoms with Crippen molar-refractivity contribution in [1.29, 1.82) is 0 Å². The Bertz CT molecular complexity index is 1010. The molecule has 0 aliphatic heterocycles. The molecule has 1 atom stereocenters. The minimum Gasteiger partial charge on any atom is -0.345 e. The van der Waals surface area contributed by atoms with Gasteiger partial charge in [0.1, 0.15) is 0 Å². The molecule has 0 saturated heterocycles. The zero-order valence-corrected chi connectivity index (χ0v) is 16.0. The molecule has 1 amide bonds. The van der Waals surface area contributed by atoms with Gasteiger partial charge in [0.2, 0.25) is 5.91 Å². The third-order valence-electron chi connectivity index (χ3n) is 4.90. The number of benzene rings is 3. The Balaban J connectivity index is 1.48. The molecule has 1 aromatic heterocycles. The summed E-state index contributed by atoms with van der Waals surface area (Å²) < 4.78 is 0. The van der Waals surface area contributed by atoms with E-state index in [-0.39, 0.29) is 11.9 Å². The molecule has 0 fully saturated rings. The Labute approximate surface area is 171 Å². The third-order valence-corrected chi connectivity index (χ3v) is 4.90. The van der Waals surface area contributed by atoms with Crippen LogP contribution in [-0.2, 0) is 11.2 Å². The number of amides is 1. The Kier molecular flexibility index (Phi) is 5.77. The summed E-state index contributed by atoms with van der Waals surface area (Å²) in [7, 11) is 0. The van der Waals surface area contributed by atoms with Crippen LogP contribution in [0.3, 0.4) is 0 Å². The number of carbonyl (C=O) groups excluding carboxylic acids is 1. The maximum atomic E-state index is 12.8. The van der Waals surface area contributed by atoms with Gasteiger partial charge in [0.05, 0.1) is 12.5 Å². The Morgan fingerprint density at radius 1 is 0.690 bits per heavy atom. The largest absolute Gasteiger partial charge is 0.345 e. The molecule has 0 aliphatic carbocycles. The van der Waals surface area contributed by atoms with E-state index in [2.05, 4.69) is 34.6 Å². The Morgan fingerprint density at radius 2 is 1.24 bits per heavy atom. The molecule has 3 heteroatoms. The summed E-state index contributed by atoms with van der Waals surface area (Å²) in [5, 5.41) is 3.18. The van der Waals surface area contributed by atoms with Gasteiger partial charge in [-0.25, -0.2) is 0 Å². The average molecular weight is 378 g/mol. The van der Waals surface area contributed by atoms with Gasteiger partial charge in [0, 0.05) is 12.4 Å². The molecular formula is C26H22N2O. The van der Waals surface area contributed by atoms with Crippen molar-refractivity contribution in [3.63, 3.8) is 0 Å². The Morgan fingerprint density at radius 3 is 1.90 bits per heavy atom. The van der Waals surface area contributed by atoms with Crippen molar-refractivity contribution in [3.05, 3.63) is 126 Å². The predicted molar refractivity (Wildman–Crippen MR) is 116 cm³/mol. The number of carbonyl (C=O) groups is 1. The molecular weight excluding hydrogens is 356 g/mol. The lowest BCUT2D eigenvalue weighted by molar-refractivity contribution is -0.120. The molecule has 1 N–H and O–H groups in total. The van der Waals surface area contributed by atoms with Crippen LogP contribution < -0.4 is 5.32 Å². The fourth-order valence-electron chi connectivity index (χ4n) is 3.40. The number of nitrogens with one attached hydrogen (secondary N) is 1. The quantitative estimate of drug-likeness (QED) is 0.501. The molecule has 3 nitrogen and oxygen atoms in total. The lowest BCUT2D eigenvalue weighted by atomic mass is 9.99. The molecule has 0 bridgehead atoms. The van der Waals surface area contributed by atoms with Crippen LogP contribution >= 0.6 is 0 Å². The zero-order chi connectivity index (χ0) is 19.9. The standard InChI is InChI=1S/C26H22N2O/c29-25(19-20-11-13-22(14-12-20)21-7-3-1-4-8-21)28-26(23-9-5-2-6-10-23)24-15-17-27-18-16-24/h1-18,26H,19H2,(H,28,29). The molecule has 0 saturated carbocycles. The molecule has 0 aliphatic rings. The molecule has 3 aromatic carbocycles. The van der Waals surface area contributed by atoms with Crippen LogP contribution in [0.15, 0.2) is 109 Å². The van der Waals surface area contributed by atoms with Gasteiger partial charge < -0.3 is 5.32 Å². The summed E-state index contributed by atoms with van der Waals surface area (Å²) in [6.45, 7) is 0. The molecule has 1 heterocycles. The van der Waals surface area contributed by atoms with Crippen LogP contribution in [0.25, 0.3) is 11.1 Å².